The van der Waals surface area contributed by atoms with Crippen molar-refractivity contribution >= 4 is 11.7 Å². The van der Waals surface area contributed by atoms with Gasteiger partial charge in [0.1, 0.15) is 11.4 Å². The fraction of sp³-hybridized carbons (Fsp3) is 0.562. The van der Waals surface area contributed by atoms with Crippen LogP contribution < -0.4 is 5.32 Å². The summed E-state index contributed by atoms with van der Waals surface area (Å²) in [6.45, 7) is 4.35. The van der Waals surface area contributed by atoms with E-state index < -0.39 is 11.5 Å². The number of rotatable bonds is 3. The maximum absolute atomic E-state index is 13.3. The van der Waals surface area contributed by atoms with Gasteiger partial charge < -0.3 is 10.4 Å². The van der Waals surface area contributed by atoms with Crippen molar-refractivity contribution in [3.63, 3.8) is 0 Å². The minimum atomic E-state index is -0.985. The van der Waals surface area contributed by atoms with E-state index in [1.807, 2.05) is 0 Å². The van der Waals surface area contributed by atoms with Crippen LogP contribution >= 0.6 is 0 Å². The third kappa shape index (κ3) is 3.30. The molecule has 0 aromatic heterocycles. The highest BCUT2D eigenvalue weighted by Gasteiger charge is 2.41. The first-order valence-corrected chi connectivity index (χ1v) is 7.10. The summed E-state index contributed by atoms with van der Waals surface area (Å²) >= 11 is 0. The van der Waals surface area contributed by atoms with Gasteiger partial charge in [0, 0.05) is 5.69 Å². The van der Waals surface area contributed by atoms with Crippen molar-refractivity contribution in [2.45, 2.75) is 51.5 Å². The summed E-state index contributed by atoms with van der Waals surface area (Å²) in [6, 6.07) is 6.01. The van der Waals surface area contributed by atoms with Crippen LogP contribution in [0, 0.1) is 11.2 Å². The predicted molar refractivity (Wildman–Crippen MR) is 77.3 cm³/mol. The standard InChI is InChI=1S/C16H22FNO2/c1-15(2)7-4-8-16(10-9-15,14(19)20)18-13-6-3-5-12(17)11-13/h3,5-6,11,18H,4,7-10H2,1-2H3,(H,19,20). The molecule has 1 atom stereocenters. The van der Waals surface area contributed by atoms with Gasteiger partial charge in [-0.2, -0.15) is 0 Å². The number of aliphatic carboxylic acids is 1. The van der Waals surface area contributed by atoms with Gasteiger partial charge in [-0.05, 0) is 55.7 Å². The van der Waals surface area contributed by atoms with Gasteiger partial charge in [-0.25, -0.2) is 9.18 Å². The minimum Gasteiger partial charge on any atom is -0.480 e. The number of carboxylic acids is 1. The molecule has 0 bridgehead atoms. The molecule has 2 rings (SSSR count). The van der Waals surface area contributed by atoms with Crippen molar-refractivity contribution in [2.75, 3.05) is 5.32 Å². The fourth-order valence-corrected chi connectivity index (χ4v) is 2.91. The molecule has 3 nitrogen and oxygen atoms in total. The second kappa shape index (κ2) is 5.43. The first-order chi connectivity index (χ1) is 9.33. The van der Waals surface area contributed by atoms with Gasteiger partial charge in [-0.1, -0.05) is 19.9 Å². The van der Waals surface area contributed by atoms with E-state index in [-0.39, 0.29) is 11.2 Å². The van der Waals surface area contributed by atoms with Crippen molar-refractivity contribution in [2.24, 2.45) is 5.41 Å². The van der Waals surface area contributed by atoms with Crippen molar-refractivity contribution < 1.29 is 14.3 Å². The number of carboxylic acid groups (broad SMARTS) is 1. The maximum Gasteiger partial charge on any atom is 0.329 e. The molecule has 1 aliphatic carbocycles. The SMILES string of the molecule is CC1(C)CCCC(Nc2cccc(F)c2)(C(=O)O)CC1. The lowest BCUT2D eigenvalue weighted by molar-refractivity contribution is -0.142. The topological polar surface area (TPSA) is 49.3 Å². The number of anilines is 1. The molecule has 2 N–H and O–H groups in total. The summed E-state index contributed by atoms with van der Waals surface area (Å²) < 4.78 is 13.3. The van der Waals surface area contributed by atoms with Crippen LogP contribution in [-0.2, 0) is 4.79 Å². The van der Waals surface area contributed by atoms with Crippen molar-refractivity contribution in [3.05, 3.63) is 30.1 Å². The van der Waals surface area contributed by atoms with E-state index in [4.69, 9.17) is 0 Å². The van der Waals surface area contributed by atoms with E-state index >= 15 is 0 Å². The van der Waals surface area contributed by atoms with Gasteiger partial charge in [0.15, 0.2) is 0 Å². The predicted octanol–water partition coefficient (Wildman–Crippen LogP) is 4.05. The summed E-state index contributed by atoms with van der Waals surface area (Å²) in [5, 5.41) is 12.7. The summed E-state index contributed by atoms with van der Waals surface area (Å²) in [7, 11) is 0. The Labute approximate surface area is 119 Å². The van der Waals surface area contributed by atoms with E-state index in [0.29, 0.717) is 18.5 Å². The number of hydrogen-bond donors (Lipinski definition) is 2. The fourth-order valence-electron chi connectivity index (χ4n) is 2.91. The molecule has 1 aliphatic rings. The molecule has 1 saturated carbocycles. The van der Waals surface area contributed by atoms with Gasteiger partial charge in [0.25, 0.3) is 0 Å². The quantitative estimate of drug-likeness (QED) is 0.821. The highest BCUT2D eigenvalue weighted by molar-refractivity contribution is 5.82. The van der Waals surface area contributed by atoms with Crippen molar-refractivity contribution in [1.29, 1.82) is 0 Å². The molecule has 0 aliphatic heterocycles. The monoisotopic (exact) mass is 279 g/mol. The largest absolute Gasteiger partial charge is 0.480 e. The highest BCUT2D eigenvalue weighted by atomic mass is 19.1. The number of nitrogens with one attached hydrogen (secondary N) is 1. The maximum atomic E-state index is 13.3. The van der Waals surface area contributed by atoms with Crippen molar-refractivity contribution in [3.8, 4) is 0 Å². The number of carbonyl (C=O) groups is 1. The van der Waals surface area contributed by atoms with E-state index in [0.717, 1.165) is 19.3 Å². The van der Waals surface area contributed by atoms with E-state index in [9.17, 15) is 14.3 Å². The normalized spacial score (nSPS) is 25.8. The summed E-state index contributed by atoms with van der Waals surface area (Å²) in [6.07, 6.45) is 3.87. The van der Waals surface area contributed by atoms with Crippen LogP contribution in [-0.4, -0.2) is 16.6 Å². The lowest BCUT2D eigenvalue weighted by Gasteiger charge is -2.31. The zero-order chi connectivity index (χ0) is 14.8. The van der Waals surface area contributed by atoms with Crippen LogP contribution in [0.25, 0.3) is 0 Å². The van der Waals surface area contributed by atoms with Crippen LogP contribution in [0.2, 0.25) is 0 Å². The van der Waals surface area contributed by atoms with E-state index in [1.54, 1.807) is 12.1 Å². The summed E-state index contributed by atoms with van der Waals surface area (Å²) in [5.41, 5.74) is -0.283. The Balaban J connectivity index is 2.24. The van der Waals surface area contributed by atoms with Crippen LogP contribution in [0.15, 0.2) is 24.3 Å². The number of benzene rings is 1. The summed E-state index contributed by atoms with van der Waals surface area (Å²) in [4.78, 5) is 11.8. The van der Waals surface area contributed by atoms with Gasteiger partial charge in [0.05, 0.1) is 0 Å². The third-order valence-corrected chi connectivity index (χ3v) is 4.30. The molecule has 0 heterocycles. The molecule has 0 spiro atoms. The van der Waals surface area contributed by atoms with Crippen LogP contribution in [0.4, 0.5) is 10.1 Å². The van der Waals surface area contributed by atoms with E-state index in [1.165, 1.54) is 12.1 Å². The molecule has 1 aromatic rings. The molecular weight excluding hydrogens is 257 g/mol. The molecule has 1 fully saturated rings. The van der Waals surface area contributed by atoms with Gasteiger partial charge in [-0.15, -0.1) is 0 Å². The van der Waals surface area contributed by atoms with Crippen LogP contribution in [0.5, 0.6) is 0 Å². The smallest absolute Gasteiger partial charge is 0.329 e. The first-order valence-electron chi connectivity index (χ1n) is 7.10. The Morgan fingerprint density at radius 1 is 1.25 bits per heavy atom. The molecule has 110 valence electrons. The second-order valence-electron chi connectivity index (χ2n) is 6.54. The number of hydrogen-bond acceptors (Lipinski definition) is 2. The molecule has 20 heavy (non-hydrogen) atoms. The molecule has 1 unspecified atom stereocenters. The highest BCUT2D eigenvalue weighted by Crippen LogP contribution is 2.39. The van der Waals surface area contributed by atoms with Gasteiger partial charge in [0.2, 0.25) is 0 Å². The average molecular weight is 279 g/mol. The number of halogens is 1. The van der Waals surface area contributed by atoms with Crippen molar-refractivity contribution in [1.82, 2.24) is 0 Å². The average Bonchev–Trinajstić information content (AvgIpc) is 2.49. The zero-order valence-corrected chi connectivity index (χ0v) is 12.1. The van der Waals surface area contributed by atoms with Gasteiger partial charge >= 0.3 is 5.97 Å². The lowest BCUT2D eigenvalue weighted by Crippen LogP contribution is -2.46. The molecule has 0 amide bonds. The lowest BCUT2D eigenvalue weighted by atomic mass is 9.83. The first kappa shape index (κ1) is 14.8. The minimum absolute atomic E-state index is 0.167. The molecule has 0 saturated heterocycles. The Kier molecular flexibility index (Phi) is 4.02. The van der Waals surface area contributed by atoms with Gasteiger partial charge in [-0.3, -0.25) is 0 Å². The molecule has 1 aromatic carbocycles. The van der Waals surface area contributed by atoms with Crippen LogP contribution in [0.3, 0.4) is 0 Å². The summed E-state index contributed by atoms with van der Waals surface area (Å²) in [5.74, 6) is -1.20. The Hall–Kier alpha value is -1.58. The van der Waals surface area contributed by atoms with E-state index in [2.05, 4.69) is 19.2 Å². The Bertz CT molecular complexity index is 501. The zero-order valence-electron chi connectivity index (χ0n) is 12.1. The Morgan fingerprint density at radius 2 is 2.00 bits per heavy atom. The second-order valence-corrected chi connectivity index (χ2v) is 6.54. The third-order valence-electron chi connectivity index (χ3n) is 4.30. The van der Waals surface area contributed by atoms with Crippen LogP contribution in [0.1, 0.15) is 46.0 Å². The Morgan fingerprint density at radius 3 is 2.65 bits per heavy atom. The molecule has 4 heteroatoms. The molecular formula is C16H22FNO2. The molecule has 0 radical (unpaired) electrons.